The number of hydrogen-bond donors (Lipinski definition) is 1. The molecule has 0 aliphatic carbocycles. The first-order chi connectivity index (χ1) is 14.1. The van der Waals surface area contributed by atoms with Gasteiger partial charge in [-0.15, -0.1) is 0 Å². The van der Waals surface area contributed by atoms with Crippen LogP contribution in [0.2, 0.25) is 10.0 Å². The van der Waals surface area contributed by atoms with Crippen molar-refractivity contribution in [2.75, 3.05) is 0 Å². The van der Waals surface area contributed by atoms with Gasteiger partial charge in [0.2, 0.25) is 15.9 Å². The Bertz CT molecular complexity index is 1160. The van der Waals surface area contributed by atoms with E-state index in [4.69, 9.17) is 27.9 Å². The van der Waals surface area contributed by atoms with Crippen LogP contribution in [-0.4, -0.2) is 18.2 Å². The van der Waals surface area contributed by atoms with E-state index in [0.29, 0.717) is 28.8 Å². The molecule has 1 heterocycles. The molecule has 6 nitrogen and oxygen atoms in total. The summed E-state index contributed by atoms with van der Waals surface area (Å²) >= 11 is 11.9. The van der Waals surface area contributed by atoms with Crippen molar-refractivity contribution in [3.05, 3.63) is 69.3 Å². The maximum Gasteiger partial charge on any atom is 0.241 e. The lowest BCUT2D eigenvalue weighted by atomic mass is 10.1. The van der Waals surface area contributed by atoms with E-state index in [1.54, 1.807) is 18.7 Å². The Morgan fingerprint density at radius 3 is 2.40 bits per heavy atom. The second kappa shape index (κ2) is 8.98. The highest BCUT2D eigenvalue weighted by Crippen LogP contribution is 2.32. The van der Waals surface area contributed by atoms with E-state index in [0.717, 1.165) is 11.1 Å². The normalized spacial score (nSPS) is 12.7. The van der Waals surface area contributed by atoms with Gasteiger partial charge in [-0.05, 0) is 50.6 Å². The fourth-order valence-corrected chi connectivity index (χ4v) is 4.69. The van der Waals surface area contributed by atoms with Crippen molar-refractivity contribution in [3.8, 4) is 11.6 Å². The van der Waals surface area contributed by atoms with Crippen LogP contribution < -0.4 is 9.46 Å². The summed E-state index contributed by atoms with van der Waals surface area (Å²) in [7, 11) is -2.05. The average molecular weight is 468 g/mol. The third-order valence-electron chi connectivity index (χ3n) is 4.65. The molecule has 9 heteroatoms. The van der Waals surface area contributed by atoms with Crippen molar-refractivity contribution in [3.63, 3.8) is 0 Å². The summed E-state index contributed by atoms with van der Waals surface area (Å²) in [6.45, 7) is 5.72. The topological polar surface area (TPSA) is 73.2 Å². The van der Waals surface area contributed by atoms with Crippen LogP contribution in [0.25, 0.3) is 0 Å². The van der Waals surface area contributed by atoms with E-state index in [1.807, 2.05) is 38.1 Å². The van der Waals surface area contributed by atoms with E-state index in [2.05, 4.69) is 9.82 Å². The van der Waals surface area contributed by atoms with Gasteiger partial charge in [0.15, 0.2) is 0 Å². The van der Waals surface area contributed by atoms with Crippen LogP contribution in [0.15, 0.2) is 47.4 Å². The summed E-state index contributed by atoms with van der Waals surface area (Å²) in [5.41, 5.74) is 2.57. The molecule has 1 aromatic heterocycles. The number of hydrogen-bond acceptors (Lipinski definition) is 4. The van der Waals surface area contributed by atoms with Crippen LogP contribution in [0, 0.1) is 6.92 Å². The van der Waals surface area contributed by atoms with Crippen molar-refractivity contribution < 1.29 is 13.2 Å². The quantitative estimate of drug-likeness (QED) is 0.502. The van der Waals surface area contributed by atoms with Gasteiger partial charge >= 0.3 is 0 Å². The number of sulfonamides is 1. The third-order valence-corrected chi connectivity index (χ3v) is 6.93. The summed E-state index contributed by atoms with van der Waals surface area (Å²) in [5, 5.41) is 4.99. The molecule has 0 amide bonds. The van der Waals surface area contributed by atoms with Crippen LogP contribution in [0.3, 0.4) is 0 Å². The molecular weight excluding hydrogens is 445 g/mol. The number of benzene rings is 2. The van der Waals surface area contributed by atoms with E-state index < -0.39 is 16.1 Å². The van der Waals surface area contributed by atoms with Crippen molar-refractivity contribution in [2.45, 2.75) is 38.1 Å². The van der Waals surface area contributed by atoms with Gasteiger partial charge in [-0.1, -0.05) is 47.8 Å². The zero-order chi connectivity index (χ0) is 22.1. The lowest BCUT2D eigenvalue weighted by molar-refractivity contribution is 0.426. The number of nitrogens with one attached hydrogen (secondary N) is 1. The number of ether oxygens (including phenoxy) is 1. The van der Waals surface area contributed by atoms with Gasteiger partial charge in [0.25, 0.3) is 0 Å². The monoisotopic (exact) mass is 467 g/mol. The van der Waals surface area contributed by atoms with Crippen LogP contribution in [0.1, 0.15) is 36.7 Å². The molecule has 0 saturated carbocycles. The summed E-state index contributed by atoms with van der Waals surface area (Å²) in [6.07, 6.45) is 0.628. The van der Waals surface area contributed by atoms with Gasteiger partial charge in [0.05, 0.1) is 26.7 Å². The molecule has 160 valence electrons. The predicted octanol–water partition coefficient (Wildman–Crippen LogP) is 5.43. The smallest absolute Gasteiger partial charge is 0.241 e. The molecule has 3 rings (SSSR count). The molecule has 0 fully saturated rings. The van der Waals surface area contributed by atoms with Crippen molar-refractivity contribution in [1.29, 1.82) is 0 Å². The van der Waals surface area contributed by atoms with Gasteiger partial charge in [0.1, 0.15) is 5.75 Å². The number of halogens is 2. The fourth-order valence-electron chi connectivity index (χ4n) is 3.10. The number of aromatic nitrogens is 2. The Morgan fingerprint density at radius 2 is 1.80 bits per heavy atom. The Morgan fingerprint density at radius 1 is 1.13 bits per heavy atom. The first kappa shape index (κ1) is 22.6. The van der Waals surface area contributed by atoms with Gasteiger partial charge in [-0.2, -0.15) is 5.10 Å². The summed E-state index contributed by atoms with van der Waals surface area (Å²) in [6, 6.07) is 11.3. The number of rotatable bonds is 7. The molecule has 1 atom stereocenters. The highest BCUT2D eigenvalue weighted by atomic mass is 35.5. The van der Waals surface area contributed by atoms with Crippen molar-refractivity contribution in [1.82, 2.24) is 14.5 Å². The lowest BCUT2D eigenvalue weighted by Gasteiger charge is -2.14. The molecule has 0 aliphatic heterocycles. The van der Waals surface area contributed by atoms with E-state index in [-0.39, 0.29) is 9.92 Å². The predicted molar refractivity (Wildman–Crippen MR) is 119 cm³/mol. The highest BCUT2D eigenvalue weighted by Gasteiger charge is 2.26. The maximum absolute atomic E-state index is 12.8. The largest absolute Gasteiger partial charge is 0.439 e. The Hall–Kier alpha value is -2.06. The third kappa shape index (κ3) is 4.81. The minimum Gasteiger partial charge on any atom is -0.439 e. The maximum atomic E-state index is 12.8. The zero-order valence-corrected chi connectivity index (χ0v) is 19.4. The van der Waals surface area contributed by atoms with Crippen molar-refractivity contribution in [2.24, 2.45) is 7.05 Å². The molecule has 0 bridgehead atoms. The minimum absolute atomic E-state index is 0.0360. The van der Waals surface area contributed by atoms with E-state index in [9.17, 15) is 8.42 Å². The highest BCUT2D eigenvalue weighted by molar-refractivity contribution is 7.89. The molecule has 1 unspecified atom stereocenters. The first-order valence-electron chi connectivity index (χ1n) is 9.40. The molecule has 0 spiro atoms. The molecule has 3 aromatic rings. The second-order valence-corrected chi connectivity index (χ2v) is 9.51. The minimum atomic E-state index is -3.82. The summed E-state index contributed by atoms with van der Waals surface area (Å²) < 4.78 is 36.0. The molecule has 0 radical (unpaired) electrons. The van der Waals surface area contributed by atoms with Gasteiger partial charge in [0, 0.05) is 12.6 Å². The lowest BCUT2D eigenvalue weighted by Crippen LogP contribution is -2.27. The number of nitrogens with zero attached hydrogens (tertiary/aromatic N) is 2. The molecular formula is C21H23Cl2N3O3S. The summed E-state index contributed by atoms with van der Waals surface area (Å²) in [5.74, 6) is 1.27. The molecule has 1 N–H and O–H groups in total. The fraction of sp³-hybridized carbons (Fsp3) is 0.286. The Labute approximate surface area is 186 Å². The Balaban J connectivity index is 1.89. The number of aryl methyl sites for hydroxylation is 2. The standard InChI is InChI=1S/C21H23Cl2N3O3S/c1-5-17-20(24-26(4)21(17)29-15-8-6-13(2)7-9-15)14(3)25-30(27,28)16-10-11-18(22)19(23)12-16/h6-12,14,25H,5H2,1-4H3. The van der Waals surface area contributed by atoms with Gasteiger partial charge in [-0.3, -0.25) is 0 Å². The van der Waals surface area contributed by atoms with E-state index >= 15 is 0 Å². The Kier molecular flexibility index (Phi) is 6.77. The zero-order valence-electron chi connectivity index (χ0n) is 17.1. The van der Waals surface area contributed by atoms with E-state index in [1.165, 1.54) is 18.2 Å². The molecule has 2 aromatic carbocycles. The van der Waals surface area contributed by atoms with Crippen molar-refractivity contribution >= 4 is 33.2 Å². The van der Waals surface area contributed by atoms with Crippen LogP contribution in [-0.2, 0) is 23.5 Å². The van der Waals surface area contributed by atoms with Crippen LogP contribution in [0.4, 0.5) is 0 Å². The van der Waals surface area contributed by atoms with Gasteiger partial charge < -0.3 is 4.74 Å². The summed E-state index contributed by atoms with van der Waals surface area (Å²) in [4.78, 5) is 0.0360. The molecule has 0 saturated heterocycles. The molecule has 30 heavy (non-hydrogen) atoms. The average Bonchev–Trinajstić information content (AvgIpc) is 3.01. The molecule has 0 aliphatic rings. The first-order valence-corrected chi connectivity index (χ1v) is 11.6. The van der Waals surface area contributed by atoms with Gasteiger partial charge in [-0.25, -0.2) is 17.8 Å². The van der Waals surface area contributed by atoms with Crippen LogP contribution in [0.5, 0.6) is 11.6 Å². The SMILES string of the molecule is CCc1c(C(C)NS(=O)(=O)c2ccc(Cl)c(Cl)c2)nn(C)c1Oc1ccc(C)cc1. The van der Waals surface area contributed by atoms with Crippen LogP contribution >= 0.6 is 23.2 Å². The second-order valence-electron chi connectivity index (χ2n) is 6.98.